The highest BCUT2D eigenvalue weighted by molar-refractivity contribution is 5.84. The van der Waals surface area contributed by atoms with E-state index in [2.05, 4.69) is 10.6 Å². The minimum atomic E-state index is -2.46. The molecule has 1 amide bonds. The summed E-state index contributed by atoms with van der Waals surface area (Å²) >= 11 is 0. The highest BCUT2D eigenvalue weighted by Gasteiger charge is 2.75. The molecule has 3 aliphatic carbocycles. The Morgan fingerprint density at radius 1 is 1.21 bits per heavy atom. The fourth-order valence-corrected chi connectivity index (χ4v) is 4.50. The molecule has 1 saturated heterocycles. The first kappa shape index (κ1) is 12.1. The van der Waals surface area contributed by atoms with Crippen LogP contribution in [0.15, 0.2) is 0 Å². The molecule has 1 aliphatic heterocycles. The molecule has 0 aromatic heterocycles. The van der Waals surface area contributed by atoms with Gasteiger partial charge in [0.15, 0.2) is 0 Å². The molecule has 3 saturated carbocycles. The van der Waals surface area contributed by atoms with Crippen molar-refractivity contribution in [3.63, 3.8) is 0 Å². The van der Waals surface area contributed by atoms with Crippen LogP contribution in [-0.2, 0) is 4.79 Å². The van der Waals surface area contributed by atoms with Gasteiger partial charge in [0, 0.05) is 29.8 Å². The van der Waals surface area contributed by atoms with E-state index >= 15 is 0 Å². The van der Waals surface area contributed by atoms with Gasteiger partial charge >= 0.3 is 0 Å². The van der Waals surface area contributed by atoms with Crippen LogP contribution >= 0.6 is 0 Å². The van der Waals surface area contributed by atoms with Crippen LogP contribution in [-0.4, -0.2) is 30.5 Å². The molecule has 0 aromatic carbocycles. The number of hydrogen-bond acceptors (Lipinski definition) is 2. The van der Waals surface area contributed by atoms with Crippen molar-refractivity contribution in [1.82, 2.24) is 10.6 Å². The molecule has 2 N–H and O–H groups in total. The van der Waals surface area contributed by atoms with Crippen molar-refractivity contribution in [2.24, 2.45) is 10.8 Å². The van der Waals surface area contributed by atoms with Gasteiger partial charge in [-0.2, -0.15) is 0 Å². The predicted octanol–water partition coefficient (Wildman–Crippen LogP) is 1.82. The van der Waals surface area contributed by atoms with Gasteiger partial charge in [0.2, 0.25) is 5.91 Å². The molecule has 19 heavy (non-hydrogen) atoms. The number of rotatable bonds is 2. The number of carbonyl (C=O) groups is 1. The largest absolute Gasteiger partial charge is 0.352 e. The molecular weight excluding hydrogens is 250 g/mol. The maximum absolute atomic E-state index is 13.1. The van der Waals surface area contributed by atoms with Crippen LogP contribution in [0, 0.1) is 10.8 Å². The SMILES string of the molecule is O=C(NC1CC2(C1)CC2(F)F)C1NCC12CCCC2. The third kappa shape index (κ3) is 1.54. The summed E-state index contributed by atoms with van der Waals surface area (Å²) in [6.45, 7) is 0.942. The van der Waals surface area contributed by atoms with Gasteiger partial charge in [0.05, 0.1) is 6.04 Å². The normalized spacial score (nSPS) is 44.7. The molecule has 1 heterocycles. The van der Waals surface area contributed by atoms with Crippen LogP contribution in [0.5, 0.6) is 0 Å². The highest BCUT2D eigenvalue weighted by atomic mass is 19.3. The van der Waals surface area contributed by atoms with Crippen LogP contribution in [0.25, 0.3) is 0 Å². The van der Waals surface area contributed by atoms with E-state index in [4.69, 9.17) is 0 Å². The highest BCUT2D eigenvalue weighted by Crippen LogP contribution is 2.70. The Morgan fingerprint density at radius 2 is 1.84 bits per heavy atom. The summed E-state index contributed by atoms with van der Waals surface area (Å²) in [7, 11) is 0. The van der Waals surface area contributed by atoms with Crippen LogP contribution in [0.2, 0.25) is 0 Å². The van der Waals surface area contributed by atoms with Crippen molar-refractivity contribution < 1.29 is 13.6 Å². The Morgan fingerprint density at radius 3 is 2.32 bits per heavy atom. The van der Waals surface area contributed by atoms with Gasteiger partial charge in [-0.05, 0) is 25.7 Å². The zero-order valence-electron chi connectivity index (χ0n) is 11.0. The van der Waals surface area contributed by atoms with E-state index in [0.717, 1.165) is 19.4 Å². The molecule has 3 nitrogen and oxygen atoms in total. The monoisotopic (exact) mass is 270 g/mol. The van der Waals surface area contributed by atoms with Gasteiger partial charge in [0.25, 0.3) is 5.92 Å². The van der Waals surface area contributed by atoms with Crippen LogP contribution < -0.4 is 10.6 Å². The Kier molecular flexibility index (Phi) is 2.21. The van der Waals surface area contributed by atoms with Crippen LogP contribution in [0.4, 0.5) is 8.78 Å². The van der Waals surface area contributed by atoms with Crippen molar-refractivity contribution in [2.45, 2.75) is 63.0 Å². The van der Waals surface area contributed by atoms with Gasteiger partial charge in [-0.15, -0.1) is 0 Å². The summed E-state index contributed by atoms with van der Waals surface area (Å²) in [6, 6.07) is -0.104. The van der Waals surface area contributed by atoms with Crippen molar-refractivity contribution in [2.75, 3.05) is 6.54 Å². The lowest BCUT2D eigenvalue weighted by Gasteiger charge is -2.48. The Balaban J connectivity index is 1.32. The second kappa shape index (κ2) is 3.48. The Bertz CT molecular complexity index is 425. The summed E-state index contributed by atoms with van der Waals surface area (Å²) in [6.07, 6.45) is 5.64. The van der Waals surface area contributed by atoms with Crippen molar-refractivity contribution in [3.05, 3.63) is 0 Å². The third-order valence-corrected chi connectivity index (χ3v) is 5.96. The quantitative estimate of drug-likeness (QED) is 0.803. The van der Waals surface area contributed by atoms with Gasteiger partial charge in [-0.1, -0.05) is 12.8 Å². The maximum Gasteiger partial charge on any atom is 0.254 e. The first-order valence-electron chi connectivity index (χ1n) is 7.38. The van der Waals surface area contributed by atoms with Crippen molar-refractivity contribution >= 4 is 5.91 Å². The molecule has 1 atom stereocenters. The summed E-state index contributed by atoms with van der Waals surface area (Å²) < 4.78 is 26.2. The first-order valence-corrected chi connectivity index (χ1v) is 7.38. The van der Waals surface area contributed by atoms with Crippen molar-refractivity contribution in [3.8, 4) is 0 Å². The van der Waals surface area contributed by atoms with E-state index in [1.165, 1.54) is 12.8 Å². The Labute approximate surface area is 111 Å². The van der Waals surface area contributed by atoms with Gasteiger partial charge in [-0.25, -0.2) is 8.78 Å². The molecular formula is C14H20F2N2O. The molecule has 4 fully saturated rings. The number of halogens is 2. The van der Waals surface area contributed by atoms with Crippen molar-refractivity contribution in [1.29, 1.82) is 0 Å². The topological polar surface area (TPSA) is 41.1 Å². The fraction of sp³-hybridized carbons (Fsp3) is 0.929. The lowest BCUT2D eigenvalue weighted by atomic mass is 9.71. The standard InChI is InChI=1S/C14H20F2N2O/c15-14(16)7-13(14)5-9(6-13)18-11(19)10-12(8-17-10)3-1-2-4-12/h9-10,17H,1-8H2,(H,18,19). The second-order valence-electron chi connectivity index (χ2n) is 7.16. The van der Waals surface area contributed by atoms with E-state index < -0.39 is 11.3 Å². The molecule has 0 bridgehead atoms. The fourth-order valence-electron chi connectivity index (χ4n) is 4.50. The lowest BCUT2D eigenvalue weighted by Crippen LogP contribution is -2.68. The number of carbonyl (C=O) groups excluding carboxylic acids is 1. The molecule has 0 aromatic rings. The summed E-state index contributed by atoms with van der Waals surface area (Å²) in [5, 5.41) is 6.19. The smallest absolute Gasteiger partial charge is 0.254 e. The minimum absolute atomic E-state index is 0.0258. The molecule has 1 unspecified atom stereocenters. The van der Waals surface area contributed by atoms with Gasteiger partial charge in [-0.3, -0.25) is 4.79 Å². The summed E-state index contributed by atoms with van der Waals surface area (Å²) in [5.74, 6) is -2.42. The minimum Gasteiger partial charge on any atom is -0.352 e. The maximum atomic E-state index is 13.1. The van der Waals surface area contributed by atoms with E-state index in [-0.39, 0.29) is 29.8 Å². The lowest BCUT2D eigenvalue weighted by molar-refractivity contribution is -0.133. The predicted molar refractivity (Wildman–Crippen MR) is 65.9 cm³/mol. The zero-order chi connectivity index (χ0) is 13.3. The van der Waals surface area contributed by atoms with E-state index in [1.54, 1.807) is 0 Å². The first-order chi connectivity index (χ1) is 8.97. The van der Waals surface area contributed by atoms with E-state index in [0.29, 0.717) is 12.8 Å². The summed E-state index contributed by atoms with van der Waals surface area (Å²) in [5.41, 5.74) is -0.571. The molecule has 4 aliphatic rings. The number of amides is 1. The van der Waals surface area contributed by atoms with Gasteiger partial charge in [0.1, 0.15) is 0 Å². The van der Waals surface area contributed by atoms with Gasteiger partial charge < -0.3 is 10.6 Å². The molecule has 0 radical (unpaired) electrons. The average molecular weight is 270 g/mol. The zero-order valence-corrected chi connectivity index (χ0v) is 11.0. The Hall–Kier alpha value is -0.710. The van der Waals surface area contributed by atoms with E-state index in [1.807, 2.05) is 0 Å². The number of hydrogen-bond donors (Lipinski definition) is 2. The third-order valence-electron chi connectivity index (χ3n) is 5.96. The van der Waals surface area contributed by atoms with Crippen LogP contribution in [0.3, 0.4) is 0 Å². The molecule has 5 heteroatoms. The number of alkyl halides is 2. The molecule has 2 spiro atoms. The van der Waals surface area contributed by atoms with E-state index in [9.17, 15) is 13.6 Å². The average Bonchev–Trinajstić information content (AvgIpc) is 2.70. The van der Waals surface area contributed by atoms with Crippen LogP contribution in [0.1, 0.15) is 44.9 Å². The molecule has 4 rings (SSSR count). The molecule has 106 valence electrons. The summed E-state index contributed by atoms with van der Waals surface area (Å²) in [4.78, 5) is 12.2. The second-order valence-corrected chi connectivity index (χ2v) is 7.16. The number of nitrogens with one attached hydrogen (secondary N) is 2.